The van der Waals surface area contributed by atoms with E-state index in [1.54, 1.807) is 13.8 Å². The van der Waals surface area contributed by atoms with E-state index in [1.165, 1.54) is 0 Å². The predicted octanol–water partition coefficient (Wildman–Crippen LogP) is 4.26. The van der Waals surface area contributed by atoms with Crippen molar-refractivity contribution in [3.05, 3.63) is 0 Å². The average Bonchev–Trinajstić information content (AvgIpc) is 2.59. The van der Waals surface area contributed by atoms with Gasteiger partial charge in [-0.1, -0.05) is 27.7 Å². The van der Waals surface area contributed by atoms with Crippen molar-refractivity contribution >= 4 is 0 Å². The Balaban J connectivity index is 2.72. The molecular weight excluding hydrogens is 189 g/mol. The molecule has 1 aliphatic rings. The van der Waals surface area contributed by atoms with Crippen molar-refractivity contribution in [3.8, 4) is 0 Å². The van der Waals surface area contributed by atoms with Crippen molar-refractivity contribution in [2.45, 2.75) is 46.7 Å². The first-order valence-corrected chi connectivity index (χ1v) is 5.28. The van der Waals surface area contributed by atoms with Crippen LogP contribution >= 0.6 is 0 Å². The van der Waals surface area contributed by atoms with Gasteiger partial charge in [0.25, 0.3) is 0 Å². The van der Waals surface area contributed by atoms with Crippen molar-refractivity contribution in [1.82, 2.24) is 0 Å². The molecule has 0 saturated heterocycles. The van der Waals surface area contributed by atoms with Crippen LogP contribution in [-0.4, -0.2) is 6.18 Å². The van der Waals surface area contributed by atoms with Crippen molar-refractivity contribution in [3.63, 3.8) is 0 Å². The fourth-order valence-electron chi connectivity index (χ4n) is 2.59. The van der Waals surface area contributed by atoms with Crippen molar-refractivity contribution in [2.75, 3.05) is 0 Å². The molecule has 3 heteroatoms. The molecular formula is C11H19F3. The van der Waals surface area contributed by atoms with Gasteiger partial charge in [0.2, 0.25) is 0 Å². The van der Waals surface area contributed by atoms with E-state index in [0.717, 1.165) is 0 Å². The van der Waals surface area contributed by atoms with E-state index in [-0.39, 0.29) is 11.8 Å². The van der Waals surface area contributed by atoms with E-state index in [1.807, 2.05) is 13.8 Å². The van der Waals surface area contributed by atoms with Crippen LogP contribution in [0.5, 0.6) is 0 Å². The Morgan fingerprint density at radius 3 is 1.93 bits per heavy atom. The summed E-state index contributed by atoms with van der Waals surface area (Å²) in [6, 6.07) is 0. The lowest BCUT2D eigenvalue weighted by Gasteiger charge is -2.25. The summed E-state index contributed by atoms with van der Waals surface area (Å²) in [5, 5.41) is 0. The lowest BCUT2D eigenvalue weighted by molar-refractivity contribution is -0.205. The normalized spacial score (nSPS) is 32.8. The van der Waals surface area contributed by atoms with Gasteiger partial charge in [-0.2, -0.15) is 13.2 Å². The summed E-state index contributed by atoms with van der Waals surface area (Å²) in [6.07, 6.45) is -2.97. The van der Waals surface area contributed by atoms with Crippen molar-refractivity contribution in [2.24, 2.45) is 23.2 Å². The minimum Gasteiger partial charge on any atom is -0.170 e. The Hall–Kier alpha value is -0.210. The number of hydrogen-bond donors (Lipinski definition) is 0. The molecule has 1 rings (SSSR count). The fourth-order valence-corrected chi connectivity index (χ4v) is 2.59. The molecule has 0 bridgehead atoms. The lowest BCUT2D eigenvalue weighted by Crippen LogP contribution is -2.32. The SMILES string of the molecule is CC(C)CC1CC1(C(C)C)C(F)(F)F. The zero-order chi connectivity index (χ0) is 11.1. The highest BCUT2D eigenvalue weighted by molar-refractivity contribution is 5.08. The van der Waals surface area contributed by atoms with Crippen LogP contribution in [-0.2, 0) is 0 Å². The molecule has 84 valence electrons. The van der Waals surface area contributed by atoms with Gasteiger partial charge in [-0.3, -0.25) is 0 Å². The standard InChI is InChI=1S/C11H19F3/c1-7(2)5-9-6-10(9,8(3)4)11(12,13)14/h7-9H,5-6H2,1-4H3. The fraction of sp³-hybridized carbons (Fsp3) is 1.00. The Morgan fingerprint density at radius 1 is 1.21 bits per heavy atom. The van der Waals surface area contributed by atoms with Crippen LogP contribution in [0.2, 0.25) is 0 Å². The Kier molecular flexibility index (Phi) is 2.90. The van der Waals surface area contributed by atoms with E-state index in [4.69, 9.17) is 0 Å². The highest BCUT2D eigenvalue weighted by Gasteiger charge is 2.71. The van der Waals surface area contributed by atoms with Crippen molar-refractivity contribution < 1.29 is 13.2 Å². The molecule has 14 heavy (non-hydrogen) atoms. The maximum atomic E-state index is 12.8. The van der Waals surface area contributed by atoms with Crippen molar-refractivity contribution in [1.29, 1.82) is 0 Å². The summed E-state index contributed by atoms with van der Waals surface area (Å²) in [6.45, 7) is 7.35. The molecule has 0 radical (unpaired) electrons. The Labute approximate surface area is 83.9 Å². The zero-order valence-corrected chi connectivity index (χ0v) is 9.28. The third-order valence-corrected chi connectivity index (χ3v) is 3.47. The topological polar surface area (TPSA) is 0 Å². The van der Waals surface area contributed by atoms with Gasteiger partial charge in [0, 0.05) is 0 Å². The van der Waals surface area contributed by atoms with E-state index in [0.29, 0.717) is 18.8 Å². The zero-order valence-electron chi connectivity index (χ0n) is 9.28. The molecule has 0 heterocycles. The molecule has 0 aromatic carbocycles. The van der Waals surface area contributed by atoms with Gasteiger partial charge in [-0.05, 0) is 30.6 Å². The van der Waals surface area contributed by atoms with E-state index in [2.05, 4.69) is 0 Å². The second-order valence-electron chi connectivity index (χ2n) is 5.22. The minimum atomic E-state index is -4.01. The van der Waals surface area contributed by atoms with Gasteiger partial charge >= 0.3 is 6.18 Å². The quantitative estimate of drug-likeness (QED) is 0.650. The first-order chi connectivity index (χ1) is 6.22. The largest absolute Gasteiger partial charge is 0.395 e. The van der Waals surface area contributed by atoms with E-state index >= 15 is 0 Å². The smallest absolute Gasteiger partial charge is 0.170 e. The molecule has 1 aliphatic carbocycles. The highest BCUT2D eigenvalue weighted by Crippen LogP contribution is 2.68. The molecule has 0 amide bonds. The minimum absolute atomic E-state index is 0.137. The Bertz CT molecular complexity index is 205. The Morgan fingerprint density at radius 2 is 1.71 bits per heavy atom. The predicted molar refractivity (Wildman–Crippen MR) is 50.9 cm³/mol. The van der Waals surface area contributed by atoms with Crippen LogP contribution in [0.1, 0.15) is 40.5 Å². The van der Waals surface area contributed by atoms with Gasteiger partial charge in [-0.15, -0.1) is 0 Å². The summed E-state index contributed by atoms with van der Waals surface area (Å²) in [7, 11) is 0. The third kappa shape index (κ3) is 1.78. The summed E-state index contributed by atoms with van der Waals surface area (Å²) in [5.74, 6) is -0.0586. The summed E-state index contributed by atoms with van der Waals surface area (Å²) < 4.78 is 38.5. The third-order valence-electron chi connectivity index (χ3n) is 3.47. The number of halogens is 3. The second-order valence-corrected chi connectivity index (χ2v) is 5.22. The lowest BCUT2D eigenvalue weighted by atomic mass is 9.87. The molecule has 2 unspecified atom stereocenters. The monoisotopic (exact) mass is 208 g/mol. The van der Waals surface area contributed by atoms with Gasteiger partial charge in [0.15, 0.2) is 0 Å². The van der Waals surface area contributed by atoms with Gasteiger partial charge in [0.05, 0.1) is 5.41 Å². The summed E-state index contributed by atoms with van der Waals surface area (Å²) >= 11 is 0. The number of rotatable bonds is 3. The van der Waals surface area contributed by atoms with Gasteiger partial charge in [0.1, 0.15) is 0 Å². The first kappa shape index (κ1) is 11.9. The molecule has 1 fully saturated rings. The van der Waals surface area contributed by atoms with E-state index < -0.39 is 11.6 Å². The van der Waals surface area contributed by atoms with Crippen LogP contribution in [0, 0.1) is 23.2 Å². The van der Waals surface area contributed by atoms with Gasteiger partial charge < -0.3 is 0 Å². The van der Waals surface area contributed by atoms with Crippen LogP contribution in [0.4, 0.5) is 13.2 Å². The molecule has 0 aromatic rings. The molecule has 0 nitrogen and oxygen atoms in total. The maximum Gasteiger partial charge on any atom is 0.395 e. The average molecular weight is 208 g/mol. The summed E-state index contributed by atoms with van der Waals surface area (Å²) in [5.41, 5.74) is -1.36. The molecule has 0 spiro atoms. The van der Waals surface area contributed by atoms with Crippen LogP contribution in [0.15, 0.2) is 0 Å². The highest BCUT2D eigenvalue weighted by atomic mass is 19.4. The maximum absolute atomic E-state index is 12.8. The summed E-state index contributed by atoms with van der Waals surface area (Å²) in [4.78, 5) is 0. The van der Waals surface area contributed by atoms with E-state index in [9.17, 15) is 13.2 Å². The number of hydrogen-bond acceptors (Lipinski definition) is 0. The molecule has 0 N–H and O–H groups in total. The number of alkyl halides is 3. The molecule has 2 atom stereocenters. The molecule has 0 aromatic heterocycles. The van der Waals surface area contributed by atoms with Crippen LogP contribution in [0.3, 0.4) is 0 Å². The second kappa shape index (κ2) is 3.42. The first-order valence-electron chi connectivity index (χ1n) is 5.28. The van der Waals surface area contributed by atoms with Crippen LogP contribution in [0.25, 0.3) is 0 Å². The van der Waals surface area contributed by atoms with Crippen LogP contribution < -0.4 is 0 Å². The molecule has 0 aliphatic heterocycles. The molecule has 1 saturated carbocycles. The van der Waals surface area contributed by atoms with Gasteiger partial charge in [-0.25, -0.2) is 0 Å².